The maximum atomic E-state index is 12.8. The number of aromatic nitrogens is 2. The van der Waals surface area contributed by atoms with Crippen LogP contribution in [0.25, 0.3) is 11.0 Å². The SMILES string of the molecule is Nc1cc2nc(C(CC(=O)O)C(=O)S)[nH]c2cc1C(F)(F)F. The van der Waals surface area contributed by atoms with Gasteiger partial charge in [-0.1, -0.05) is 0 Å². The maximum Gasteiger partial charge on any atom is 0.418 e. The Balaban J connectivity index is 2.54. The number of nitrogens with two attached hydrogens (primary N) is 1. The van der Waals surface area contributed by atoms with Crippen molar-refractivity contribution < 1.29 is 27.9 Å². The number of hydrogen-bond donors (Lipinski definition) is 4. The molecule has 118 valence electrons. The number of aromatic amines is 1. The summed E-state index contributed by atoms with van der Waals surface area (Å²) in [4.78, 5) is 28.6. The molecule has 0 spiro atoms. The number of imidazole rings is 1. The van der Waals surface area contributed by atoms with Crippen LogP contribution in [0.4, 0.5) is 18.9 Å². The quantitative estimate of drug-likeness (QED) is 0.506. The summed E-state index contributed by atoms with van der Waals surface area (Å²) >= 11 is 3.58. The summed E-state index contributed by atoms with van der Waals surface area (Å²) < 4.78 is 38.4. The first-order chi connectivity index (χ1) is 10.1. The van der Waals surface area contributed by atoms with Crippen LogP contribution in [0.2, 0.25) is 0 Å². The van der Waals surface area contributed by atoms with E-state index in [4.69, 9.17) is 10.8 Å². The molecule has 22 heavy (non-hydrogen) atoms. The van der Waals surface area contributed by atoms with Gasteiger partial charge in [0.15, 0.2) is 5.12 Å². The van der Waals surface area contributed by atoms with Crippen LogP contribution in [-0.4, -0.2) is 26.2 Å². The molecule has 1 unspecified atom stereocenters. The number of rotatable bonds is 4. The number of halogens is 3. The van der Waals surface area contributed by atoms with E-state index >= 15 is 0 Å². The van der Waals surface area contributed by atoms with Gasteiger partial charge in [-0.05, 0) is 12.1 Å². The smallest absolute Gasteiger partial charge is 0.418 e. The van der Waals surface area contributed by atoms with Crippen molar-refractivity contribution in [3.05, 3.63) is 23.5 Å². The first kappa shape index (κ1) is 16.1. The molecule has 0 aliphatic heterocycles. The van der Waals surface area contributed by atoms with Crippen LogP contribution < -0.4 is 5.73 Å². The molecule has 0 bridgehead atoms. The fourth-order valence-electron chi connectivity index (χ4n) is 1.98. The molecule has 0 saturated carbocycles. The molecule has 2 aromatic rings. The third-order valence-electron chi connectivity index (χ3n) is 2.98. The average Bonchev–Trinajstić information content (AvgIpc) is 2.75. The second kappa shape index (κ2) is 5.52. The number of alkyl halides is 3. The number of hydrogen-bond acceptors (Lipinski definition) is 4. The number of benzene rings is 1. The van der Waals surface area contributed by atoms with Crippen molar-refractivity contribution in [1.82, 2.24) is 9.97 Å². The van der Waals surface area contributed by atoms with Crippen LogP contribution >= 0.6 is 12.6 Å². The third-order valence-corrected chi connectivity index (χ3v) is 3.30. The van der Waals surface area contributed by atoms with Crippen LogP contribution in [0.5, 0.6) is 0 Å². The fraction of sp³-hybridized carbons (Fsp3) is 0.250. The lowest BCUT2D eigenvalue weighted by atomic mass is 10.1. The van der Waals surface area contributed by atoms with Gasteiger partial charge in [-0.2, -0.15) is 13.2 Å². The minimum atomic E-state index is -4.64. The van der Waals surface area contributed by atoms with Crippen molar-refractivity contribution in [3.8, 4) is 0 Å². The van der Waals surface area contributed by atoms with Crippen molar-refractivity contribution in [2.75, 3.05) is 5.73 Å². The molecule has 0 aliphatic carbocycles. The molecular weight excluding hydrogens is 323 g/mol. The summed E-state index contributed by atoms with van der Waals surface area (Å²) in [6, 6.07) is 1.78. The van der Waals surface area contributed by atoms with Crippen molar-refractivity contribution in [2.45, 2.75) is 18.5 Å². The minimum absolute atomic E-state index is 0.00139. The summed E-state index contributed by atoms with van der Waals surface area (Å²) in [5, 5.41) is 8.01. The first-order valence-electron chi connectivity index (χ1n) is 5.90. The number of carboxylic acids is 1. The Hall–Kier alpha value is -2.23. The van der Waals surface area contributed by atoms with E-state index in [1.165, 1.54) is 0 Å². The Morgan fingerprint density at radius 3 is 2.55 bits per heavy atom. The molecule has 1 aromatic carbocycles. The molecule has 2 rings (SSSR count). The van der Waals surface area contributed by atoms with E-state index in [1.807, 2.05) is 0 Å². The van der Waals surface area contributed by atoms with Crippen LogP contribution in [0.1, 0.15) is 23.7 Å². The number of carbonyl (C=O) groups excluding carboxylic acids is 1. The number of carboxylic acid groups (broad SMARTS) is 1. The van der Waals surface area contributed by atoms with Gasteiger partial charge in [0.2, 0.25) is 0 Å². The molecule has 0 saturated heterocycles. The number of aliphatic carboxylic acids is 1. The summed E-state index contributed by atoms with van der Waals surface area (Å²) in [7, 11) is 0. The molecule has 0 radical (unpaired) electrons. The number of carbonyl (C=O) groups is 2. The fourth-order valence-corrected chi connectivity index (χ4v) is 2.19. The lowest BCUT2D eigenvalue weighted by Gasteiger charge is -2.09. The lowest BCUT2D eigenvalue weighted by molar-refractivity contribution is -0.138. The van der Waals surface area contributed by atoms with Gasteiger partial charge < -0.3 is 15.8 Å². The van der Waals surface area contributed by atoms with E-state index in [0.29, 0.717) is 0 Å². The highest BCUT2D eigenvalue weighted by atomic mass is 32.1. The molecular formula is C12H10F3N3O3S. The van der Waals surface area contributed by atoms with E-state index in [0.717, 1.165) is 12.1 Å². The van der Waals surface area contributed by atoms with Gasteiger partial charge in [0.25, 0.3) is 0 Å². The molecule has 4 N–H and O–H groups in total. The Morgan fingerprint density at radius 2 is 2.05 bits per heavy atom. The highest BCUT2D eigenvalue weighted by molar-refractivity contribution is 7.96. The summed E-state index contributed by atoms with van der Waals surface area (Å²) in [5.41, 5.74) is 3.90. The zero-order valence-corrected chi connectivity index (χ0v) is 11.7. The molecule has 1 atom stereocenters. The minimum Gasteiger partial charge on any atom is -0.481 e. The predicted octanol–water partition coefficient (Wildman–Crippen LogP) is 2.18. The molecule has 0 aliphatic rings. The van der Waals surface area contributed by atoms with Crippen LogP contribution in [0.15, 0.2) is 12.1 Å². The normalized spacial score (nSPS) is 13.3. The highest BCUT2D eigenvalue weighted by Gasteiger charge is 2.34. The number of nitrogens with zero attached hydrogens (tertiary/aromatic N) is 1. The van der Waals surface area contributed by atoms with Gasteiger partial charge >= 0.3 is 12.1 Å². The number of anilines is 1. The van der Waals surface area contributed by atoms with Crippen molar-refractivity contribution in [1.29, 1.82) is 0 Å². The molecule has 6 nitrogen and oxygen atoms in total. The van der Waals surface area contributed by atoms with Crippen LogP contribution in [0, 0.1) is 0 Å². The van der Waals surface area contributed by atoms with Gasteiger partial charge in [-0.25, -0.2) is 4.98 Å². The van der Waals surface area contributed by atoms with Crippen molar-refractivity contribution >= 4 is 40.4 Å². The molecule has 0 fully saturated rings. The summed E-state index contributed by atoms with van der Waals surface area (Å²) in [6.07, 6.45) is -5.22. The van der Waals surface area contributed by atoms with Crippen LogP contribution in [-0.2, 0) is 15.8 Å². The Morgan fingerprint density at radius 1 is 1.41 bits per heavy atom. The van der Waals surface area contributed by atoms with Crippen molar-refractivity contribution in [2.24, 2.45) is 0 Å². The molecule has 0 amide bonds. The predicted molar refractivity (Wildman–Crippen MR) is 74.5 cm³/mol. The molecule has 1 heterocycles. The van der Waals surface area contributed by atoms with Crippen molar-refractivity contribution in [3.63, 3.8) is 0 Å². The zero-order chi connectivity index (χ0) is 16.7. The standard InChI is InChI=1S/C12H10F3N3O3S/c13-12(14,15)5-2-7-8(3-6(5)16)18-10(17-7)4(11(21)22)1-9(19)20/h2-4H,1,16H2,(H,17,18)(H,19,20)(H,21,22). The Kier molecular flexibility index (Phi) is 4.05. The molecule has 10 heteroatoms. The number of thiol groups is 1. The summed E-state index contributed by atoms with van der Waals surface area (Å²) in [6.45, 7) is 0. The second-order valence-corrected chi connectivity index (χ2v) is 5.01. The monoisotopic (exact) mass is 333 g/mol. The maximum absolute atomic E-state index is 12.8. The van der Waals surface area contributed by atoms with Gasteiger partial charge in [0, 0.05) is 5.69 Å². The van der Waals surface area contributed by atoms with E-state index in [1.54, 1.807) is 0 Å². The number of nitrogens with one attached hydrogen (secondary N) is 1. The largest absolute Gasteiger partial charge is 0.481 e. The Labute approximate surface area is 126 Å². The van der Waals surface area contributed by atoms with Gasteiger partial charge in [-0.3, -0.25) is 9.59 Å². The first-order valence-corrected chi connectivity index (χ1v) is 6.35. The van der Waals surface area contributed by atoms with E-state index in [9.17, 15) is 22.8 Å². The average molecular weight is 333 g/mol. The van der Waals surface area contributed by atoms with Crippen LogP contribution in [0.3, 0.4) is 0 Å². The summed E-state index contributed by atoms with van der Waals surface area (Å²) in [5.74, 6) is -2.52. The molecule has 1 aromatic heterocycles. The highest BCUT2D eigenvalue weighted by Crippen LogP contribution is 2.36. The van der Waals surface area contributed by atoms with E-state index in [2.05, 4.69) is 22.6 Å². The Bertz CT molecular complexity index is 757. The van der Waals surface area contributed by atoms with Gasteiger partial charge in [0.1, 0.15) is 5.82 Å². The van der Waals surface area contributed by atoms with Gasteiger partial charge in [0.05, 0.1) is 28.9 Å². The number of fused-ring (bicyclic) bond motifs is 1. The number of H-pyrrole nitrogens is 1. The third kappa shape index (κ3) is 3.16. The topological polar surface area (TPSA) is 109 Å². The second-order valence-electron chi connectivity index (χ2n) is 4.57. The van der Waals surface area contributed by atoms with Gasteiger partial charge in [-0.15, -0.1) is 12.6 Å². The van der Waals surface area contributed by atoms with E-state index < -0.39 is 40.9 Å². The zero-order valence-electron chi connectivity index (χ0n) is 10.8. The lowest BCUT2D eigenvalue weighted by Crippen LogP contribution is -2.13. The number of nitrogen functional groups attached to an aromatic ring is 1. The van der Waals surface area contributed by atoms with E-state index in [-0.39, 0.29) is 16.9 Å².